The molecule has 39 heavy (non-hydrogen) atoms. The van der Waals surface area contributed by atoms with Gasteiger partial charge in [-0.1, -0.05) is 36.4 Å². The number of ether oxygens (including phenoxy) is 1. The number of para-hydroxylation sites is 2. The lowest BCUT2D eigenvalue weighted by molar-refractivity contribution is 0.0870. The molecule has 198 valence electrons. The van der Waals surface area contributed by atoms with Crippen LogP contribution in [0.2, 0.25) is 0 Å². The number of carbonyl (C=O) groups is 1. The number of nitrogens with zero attached hydrogens (tertiary/aromatic N) is 4. The molecule has 2 aliphatic rings. The maximum absolute atomic E-state index is 13.1. The van der Waals surface area contributed by atoms with Crippen LogP contribution in [0.4, 0.5) is 4.79 Å². The Morgan fingerprint density at radius 3 is 2.23 bits per heavy atom. The summed E-state index contributed by atoms with van der Waals surface area (Å²) in [6, 6.07) is 17.3. The molecular weight excluding hydrogens is 490 g/mol. The molecular formula is C31H31N5O3. The van der Waals surface area contributed by atoms with E-state index < -0.39 is 0 Å². The molecule has 0 radical (unpaired) electrons. The van der Waals surface area contributed by atoms with Crippen molar-refractivity contribution in [3.63, 3.8) is 0 Å². The number of likely N-dealkylation sites (N-methyl/N-ethyl adjacent to an activating group) is 1. The number of rotatable bonds is 3. The van der Waals surface area contributed by atoms with Crippen molar-refractivity contribution in [2.75, 3.05) is 33.8 Å². The highest BCUT2D eigenvalue weighted by Gasteiger charge is 2.32. The minimum atomic E-state index is -0.217. The Morgan fingerprint density at radius 1 is 0.923 bits per heavy atom. The van der Waals surface area contributed by atoms with E-state index in [0.717, 1.165) is 69.5 Å². The second kappa shape index (κ2) is 8.16. The molecule has 8 rings (SSSR count). The molecule has 8 heteroatoms. The molecule has 6 aromatic rings. The average molecular weight is 522 g/mol. The van der Waals surface area contributed by atoms with Gasteiger partial charge in [0, 0.05) is 82.3 Å². The zero-order valence-corrected chi connectivity index (χ0v) is 22.1. The summed E-state index contributed by atoms with van der Waals surface area (Å²) in [4.78, 5) is 20.2. The van der Waals surface area contributed by atoms with Crippen LogP contribution < -0.4 is 0 Å². The molecule has 8 nitrogen and oxygen atoms in total. The first-order chi connectivity index (χ1) is 19.0. The summed E-state index contributed by atoms with van der Waals surface area (Å²) in [5, 5.41) is 17.4. The molecule has 2 atom stereocenters. The normalized spacial score (nSPS) is 19.5. The number of aromatic hydroxyl groups is 1. The van der Waals surface area contributed by atoms with E-state index in [2.05, 4.69) is 81.6 Å². The fourth-order valence-corrected chi connectivity index (χ4v) is 7.16. The zero-order valence-electron chi connectivity index (χ0n) is 22.1. The number of fused-ring (bicyclic) bond motifs is 9. The minimum Gasteiger partial charge on any atom is -0.494 e. The lowest BCUT2D eigenvalue weighted by atomic mass is 10.0. The summed E-state index contributed by atoms with van der Waals surface area (Å²) in [7, 11) is 4.13. The van der Waals surface area contributed by atoms with Crippen molar-refractivity contribution in [1.82, 2.24) is 23.9 Å². The van der Waals surface area contributed by atoms with Crippen molar-refractivity contribution in [1.29, 1.82) is 0 Å². The van der Waals surface area contributed by atoms with Crippen LogP contribution in [0.5, 0.6) is 5.88 Å². The number of benzene rings is 3. The highest BCUT2D eigenvalue weighted by molar-refractivity contribution is 6.36. The molecule has 5 heterocycles. The number of H-pyrrole nitrogens is 1. The van der Waals surface area contributed by atoms with E-state index in [1.54, 1.807) is 0 Å². The van der Waals surface area contributed by atoms with E-state index in [-0.39, 0.29) is 17.9 Å². The van der Waals surface area contributed by atoms with E-state index in [4.69, 9.17) is 4.74 Å². The van der Waals surface area contributed by atoms with E-state index in [1.165, 1.54) is 10.9 Å². The number of carbonyl (C=O) groups excluding carboxylic acids is 1. The number of aromatic amines is 1. The summed E-state index contributed by atoms with van der Waals surface area (Å²) in [6.45, 7) is 3.26. The van der Waals surface area contributed by atoms with Crippen molar-refractivity contribution < 1.29 is 14.6 Å². The molecule has 3 aromatic carbocycles. The Bertz CT molecular complexity index is 1940. The molecule has 0 bridgehead atoms. The quantitative estimate of drug-likeness (QED) is 0.323. The third-order valence-corrected chi connectivity index (χ3v) is 9.02. The Hall–Kier alpha value is -4.17. The molecule has 3 aromatic heterocycles. The predicted molar refractivity (Wildman–Crippen MR) is 154 cm³/mol. The first kappa shape index (κ1) is 22.8. The molecule has 1 saturated heterocycles. The lowest BCUT2D eigenvalue weighted by Gasteiger charge is -2.22. The summed E-state index contributed by atoms with van der Waals surface area (Å²) < 4.78 is 10.8. The second-order valence-electron chi connectivity index (χ2n) is 11.4. The van der Waals surface area contributed by atoms with Crippen molar-refractivity contribution in [2.45, 2.75) is 25.6 Å². The Labute approximate surface area is 224 Å². The van der Waals surface area contributed by atoms with Crippen molar-refractivity contribution in [3.05, 3.63) is 54.7 Å². The first-order valence-electron chi connectivity index (χ1n) is 13.7. The molecule has 2 N–H and O–H groups in total. The van der Waals surface area contributed by atoms with Crippen LogP contribution in [0.15, 0.2) is 54.7 Å². The number of hydrogen-bond acceptors (Lipinski definition) is 4. The molecule has 0 aliphatic carbocycles. The maximum Gasteiger partial charge on any atom is 0.409 e. The van der Waals surface area contributed by atoms with Crippen LogP contribution in [-0.2, 0) is 17.8 Å². The molecule has 1 fully saturated rings. The van der Waals surface area contributed by atoms with E-state index in [9.17, 15) is 9.90 Å². The van der Waals surface area contributed by atoms with E-state index in [1.807, 2.05) is 11.1 Å². The maximum atomic E-state index is 13.1. The van der Waals surface area contributed by atoms with Crippen LogP contribution in [0.1, 0.15) is 6.42 Å². The standard InChI is InChI=1S/C31H31N5O3/c1-33(2)19-11-12-34(16-19)31(38)39-17-18-14-35-23-9-5-3-7-20(23)25-22-13-32-30(37)27(22)26-21-8-4-6-10-24(21)36(15-18)29(26)28(25)35/h3-10,13,18-19,32,37H,11-12,14-17H2,1-2H3/t18?,19-/m0/s1. The smallest absolute Gasteiger partial charge is 0.409 e. The zero-order chi connectivity index (χ0) is 26.4. The fourth-order valence-electron chi connectivity index (χ4n) is 7.16. The van der Waals surface area contributed by atoms with Crippen LogP contribution in [0, 0.1) is 5.92 Å². The van der Waals surface area contributed by atoms with Gasteiger partial charge < -0.3 is 33.8 Å². The van der Waals surface area contributed by atoms with Gasteiger partial charge in [0.05, 0.1) is 23.0 Å². The molecule has 0 spiro atoms. The Kier molecular flexibility index (Phi) is 4.77. The predicted octanol–water partition coefficient (Wildman–Crippen LogP) is 5.49. The van der Waals surface area contributed by atoms with Gasteiger partial charge in [-0.15, -0.1) is 0 Å². The number of amides is 1. The van der Waals surface area contributed by atoms with Crippen molar-refractivity contribution >= 4 is 60.5 Å². The van der Waals surface area contributed by atoms with E-state index >= 15 is 0 Å². The summed E-state index contributed by atoms with van der Waals surface area (Å²) in [5.41, 5.74) is 4.60. The number of hydrogen-bond donors (Lipinski definition) is 2. The van der Waals surface area contributed by atoms with Gasteiger partial charge in [0.25, 0.3) is 0 Å². The summed E-state index contributed by atoms with van der Waals surface area (Å²) >= 11 is 0. The topological polar surface area (TPSA) is 78.7 Å². The van der Waals surface area contributed by atoms with Crippen LogP contribution in [0.25, 0.3) is 54.4 Å². The van der Waals surface area contributed by atoms with Gasteiger partial charge in [-0.25, -0.2) is 4.79 Å². The van der Waals surface area contributed by atoms with Gasteiger partial charge in [-0.2, -0.15) is 0 Å². The molecule has 1 amide bonds. The molecule has 0 saturated carbocycles. The molecule has 2 aliphatic heterocycles. The first-order valence-corrected chi connectivity index (χ1v) is 13.7. The van der Waals surface area contributed by atoms with Gasteiger partial charge in [0.15, 0.2) is 5.88 Å². The lowest BCUT2D eigenvalue weighted by Crippen LogP contribution is -2.35. The number of aromatic nitrogens is 3. The highest BCUT2D eigenvalue weighted by atomic mass is 16.6. The van der Waals surface area contributed by atoms with E-state index in [0.29, 0.717) is 19.2 Å². The summed E-state index contributed by atoms with van der Waals surface area (Å²) in [5.74, 6) is 0.282. The van der Waals surface area contributed by atoms with Gasteiger partial charge in [0.1, 0.15) is 0 Å². The fraction of sp³-hybridized carbons (Fsp3) is 0.323. The van der Waals surface area contributed by atoms with Crippen LogP contribution >= 0.6 is 0 Å². The van der Waals surface area contributed by atoms with Crippen molar-refractivity contribution in [3.8, 4) is 5.88 Å². The molecule has 1 unspecified atom stereocenters. The van der Waals surface area contributed by atoms with Crippen LogP contribution in [0.3, 0.4) is 0 Å². The monoisotopic (exact) mass is 521 g/mol. The minimum absolute atomic E-state index is 0.0844. The van der Waals surface area contributed by atoms with Gasteiger partial charge in [-0.05, 0) is 32.6 Å². The number of likely N-dealkylation sites (tertiary alicyclic amines) is 1. The Balaban J connectivity index is 1.30. The third-order valence-electron chi connectivity index (χ3n) is 9.02. The second-order valence-corrected chi connectivity index (χ2v) is 11.4. The summed E-state index contributed by atoms with van der Waals surface area (Å²) in [6.07, 6.45) is 2.69. The Morgan fingerprint density at radius 2 is 1.56 bits per heavy atom. The SMILES string of the molecule is CN(C)[C@H]1CCN(C(=O)OCC2Cn3c4ccccc4c4c5c[nH]c(O)c5c5c6ccccc6n(c5c43)C2)C1. The van der Waals surface area contributed by atoms with Gasteiger partial charge in [-0.3, -0.25) is 0 Å². The highest BCUT2D eigenvalue weighted by Crippen LogP contribution is 2.48. The van der Waals surface area contributed by atoms with Gasteiger partial charge >= 0.3 is 6.09 Å². The third kappa shape index (κ3) is 3.12. The van der Waals surface area contributed by atoms with Crippen molar-refractivity contribution in [2.24, 2.45) is 5.92 Å². The van der Waals surface area contributed by atoms with Crippen LogP contribution in [-0.4, -0.2) is 75.0 Å². The van der Waals surface area contributed by atoms with Gasteiger partial charge in [0.2, 0.25) is 0 Å². The number of nitrogens with one attached hydrogen (secondary N) is 1. The average Bonchev–Trinajstić information content (AvgIpc) is 3.69. The largest absolute Gasteiger partial charge is 0.494 e.